The van der Waals surface area contributed by atoms with E-state index in [1.165, 1.54) is 11.3 Å². The molecule has 4 nitrogen and oxygen atoms in total. The lowest BCUT2D eigenvalue weighted by molar-refractivity contribution is -0.176. The first-order chi connectivity index (χ1) is 11.9. The highest BCUT2D eigenvalue weighted by atomic mass is 19.4. The molecule has 3 rings (SSSR count). The summed E-state index contributed by atoms with van der Waals surface area (Å²) < 4.78 is 42.8. The highest BCUT2D eigenvalue weighted by molar-refractivity contribution is 5.26. The molecule has 0 saturated carbocycles. The van der Waals surface area contributed by atoms with Gasteiger partial charge < -0.3 is 10.1 Å². The first kappa shape index (κ1) is 17.9. The number of alkyl halides is 3. The Balaban J connectivity index is 1.51. The number of hydrogen-bond acceptors (Lipinski definition) is 3. The van der Waals surface area contributed by atoms with Gasteiger partial charge in [0.25, 0.3) is 0 Å². The van der Waals surface area contributed by atoms with Crippen molar-refractivity contribution in [1.82, 2.24) is 15.1 Å². The number of fused-ring (bicyclic) bond motifs is 1. The van der Waals surface area contributed by atoms with Crippen molar-refractivity contribution in [2.24, 2.45) is 7.05 Å². The van der Waals surface area contributed by atoms with Crippen LogP contribution in [0.15, 0.2) is 30.5 Å². The van der Waals surface area contributed by atoms with Gasteiger partial charge in [0, 0.05) is 30.9 Å². The van der Waals surface area contributed by atoms with Gasteiger partial charge in [-0.1, -0.05) is 24.3 Å². The minimum atomic E-state index is -4.28. The second kappa shape index (κ2) is 7.58. The van der Waals surface area contributed by atoms with E-state index in [1.54, 1.807) is 0 Å². The normalized spacial score (nSPS) is 17.5. The Bertz CT molecular complexity index is 695. The molecule has 136 valence electrons. The van der Waals surface area contributed by atoms with Gasteiger partial charge >= 0.3 is 6.18 Å². The van der Waals surface area contributed by atoms with Crippen LogP contribution in [0.3, 0.4) is 0 Å². The molecule has 1 aliphatic rings. The molecule has 0 saturated heterocycles. The number of ether oxygens (including phenoxy) is 1. The molecule has 1 aromatic heterocycles. The lowest BCUT2D eigenvalue weighted by Crippen LogP contribution is -2.24. The molecule has 0 spiro atoms. The maximum Gasteiger partial charge on any atom is 0.411 e. The summed E-state index contributed by atoms with van der Waals surface area (Å²) in [6.45, 7) is -0.539. The van der Waals surface area contributed by atoms with E-state index in [0.717, 1.165) is 30.4 Å². The second-order valence-electron chi connectivity index (χ2n) is 6.42. The van der Waals surface area contributed by atoms with E-state index >= 15 is 0 Å². The zero-order valence-corrected chi connectivity index (χ0v) is 14.1. The highest BCUT2D eigenvalue weighted by Crippen LogP contribution is 2.29. The smallest absolute Gasteiger partial charge is 0.367 e. The first-order valence-electron chi connectivity index (χ1n) is 8.39. The predicted octanol–water partition coefficient (Wildman–Crippen LogP) is 3.67. The van der Waals surface area contributed by atoms with Gasteiger partial charge in [0.2, 0.25) is 0 Å². The molecule has 1 N–H and O–H groups in total. The van der Waals surface area contributed by atoms with E-state index in [1.807, 2.05) is 42.2 Å². The third-order valence-corrected chi connectivity index (χ3v) is 4.49. The standard InChI is InChI=1S/C18H22F3N3O/c1-24-17-4-2-3-16(15(17)10-23-24)22-9-13-5-7-14(8-6-13)11-25-12-18(19,20)21/h5-8,10,16,22H,2-4,9,11-12H2,1H3. The van der Waals surface area contributed by atoms with Crippen molar-refractivity contribution >= 4 is 0 Å². The van der Waals surface area contributed by atoms with Gasteiger partial charge in [0.15, 0.2) is 0 Å². The summed E-state index contributed by atoms with van der Waals surface area (Å²) in [7, 11) is 1.97. The predicted molar refractivity (Wildman–Crippen MR) is 87.9 cm³/mol. The van der Waals surface area contributed by atoms with E-state index in [-0.39, 0.29) is 6.61 Å². The SMILES string of the molecule is Cn1ncc2c1CCCC2NCc1ccc(COCC(F)(F)F)cc1. The van der Waals surface area contributed by atoms with Crippen LogP contribution in [0.25, 0.3) is 0 Å². The van der Waals surface area contributed by atoms with Crippen molar-refractivity contribution in [3.8, 4) is 0 Å². The molecule has 25 heavy (non-hydrogen) atoms. The first-order valence-corrected chi connectivity index (χ1v) is 8.39. The van der Waals surface area contributed by atoms with Crippen molar-refractivity contribution in [2.75, 3.05) is 6.61 Å². The fourth-order valence-electron chi connectivity index (χ4n) is 3.20. The monoisotopic (exact) mass is 353 g/mol. The van der Waals surface area contributed by atoms with Gasteiger partial charge in [0.1, 0.15) is 6.61 Å². The molecule has 1 aromatic carbocycles. The van der Waals surface area contributed by atoms with E-state index in [2.05, 4.69) is 15.2 Å². The van der Waals surface area contributed by atoms with Gasteiger partial charge in [-0.05, 0) is 30.4 Å². The average Bonchev–Trinajstić information content (AvgIpc) is 2.95. The Morgan fingerprint density at radius 2 is 1.96 bits per heavy atom. The summed E-state index contributed by atoms with van der Waals surface area (Å²) in [6.07, 6.45) is 0.945. The van der Waals surface area contributed by atoms with Gasteiger partial charge in [-0.3, -0.25) is 4.68 Å². The molecule has 2 aromatic rings. The lowest BCUT2D eigenvalue weighted by Gasteiger charge is -2.24. The second-order valence-corrected chi connectivity index (χ2v) is 6.42. The maximum atomic E-state index is 12.1. The molecule has 1 atom stereocenters. The highest BCUT2D eigenvalue weighted by Gasteiger charge is 2.27. The number of rotatable bonds is 6. The Labute approximate surface area is 145 Å². The summed E-state index contributed by atoms with van der Waals surface area (Å²) >= 11 is 0. The topological polar surface area (TPSA) is 39.1 Å². The summed E-state index contributed by atoms with van der Waals surface area (Å²) in [5, 5.41) is 7.90. The third-order valence-electron chi connectivity index (χ3n) is 4.49. The van der Waals surface area contributed by atoms with Crippen molar-refractivity contribution < 1.29 is 17.9 Å². The van der Waals surface area contributed by atoms with Gasteiger partial charge in [-0.15, -0.1) is 0 Å². The number of aryl methyl sites for hydroxylation is 1. The Morgan fingerprint density at radius 3 is 2.68 bits per heavy atom. The fraction of sp³-hybridized carbons (Fsp3) is 0.500. The Kier molecular flexibility index (Phi) is 5.44. The molecule has 0 fully saturated rings. The molecule has 0 radical (unpaired) electrons. The maximum absolute atomic E-state index is 12.1. The van der Waals surface area contributed by atoms with Crippen LogP contribution >= 0.6 is 0 Å². The molecule has 7 heteroatoms. The zero-order valence-electron chi connectivity index (χ0n) is 14.1. The number of benzene rings is 1. The van der Waals surface area contributed by atoms with Crippen LogP contribution < -0.4 is 5.32 Å². The van der Waals surface area contributed by atoms with Crippen LogP contribution in [0.2, 0.25) is 0 Å². The summed E-state index contributed by atoms with van der Waals surface area (Å²) in [5.41, 5.74) is 4.39. The van der Waals surface area contributed by atoms with Gasteiger partial charge in [-0.2, -0.15) is 18.3 Å². The van der Waals surface area contributed by atoms with Crippen molar-refractivity contribution in [3.63, 3.8) is 0 Å². The molecular weight excluding hydrogens is 331 g/mol. The molecular formula is C18H22F3N3O. The van der Waals surface area contributed by atoms with Crippen LogP contribution in [-0.2, 0) is 31.4 Å². The molecule has 0 amide bonds. The van der Waals surface area contributed by atoms with Crippen LogP contribution in [0.5, 0.6) is 0 Å². The quantitative estimate of drug-likeness (QED) is 0.861. The van der Waals surface area contributed by atoms with E-state index < -0.39 is 12.8 Å². The zero-order chi connectivity index (χ0) is 17.9. The van der Waals surface area contributed by atoms with Gasteiger partial charge in [-0.25, -0.2) is 0 Å². The average molecular weight is 353 g/mol. The molecule has 0 bridgehead atoms. The van der Waals surface area contributed by atoms with E-state index in [9.17, 15) is 13.2 Å². The summed E-state index contributed by atoms with van der Waals surface area (Å²) in [5.74, 6) is 0. The number of aromatic nitrogens is 2. The molecule has 0 aliphatic heterocycles. The summed E-state index contributed by atoms with van der Waals surface area (Å²) in [4.78, 5) is 0. The van der Waals surface area contributed by atoms with Crippen LogP contribution in [0.4, 0.5) is 13.2 Å². The van der Waals surface area contributed by atoms with Crippen LogP contribution in [0.1, 0.15) is 41.3 Å². The minimum absolute atomic E-state index is 0.0328. The number of hydrogen-bond donors (Lipinski definition) is 1. The third kappa shape index (κ3) is 4.83. The van der Waals surface area contributed by atoms with Gasteiger partial charge in [0.05, 0.1) is 12.8 Å². The van der Waals surface area contributed by atoms with Crippen LogP contribution in [-0.4, -0.2) is 22.6 Å². The Hall–Kier alpha value is -1.86. The number of nitrogens with one attached hydrogen (secondary N) is 1. The molecule has 1 unspecified atom stereocenters. The van der Waals surface area contributed by atoms with Crippen LogP contribution in [0, 0.1) is 0 Å². The largest absolute Gasteiger partial charge is 0.411 e. The van der Waals surface area contributed by atoms with E-state index in [4.69, 9.17) is 0 Å². The van der Waals surface area contributed by atoms with E-state index in [0.29, 0.717) is 12.6 Å². The minimum Gasteiger partial charge on any atom is -0.367 e. The lowest BCUT2D eigenvalue weighted by atomic mass is 9.93. The molecule has 1 aliphatic carbocycles. The fourth-order valence-corrected chi connectivity index (χ4v) is 3.20. The molecule has 1 heterocycles. The summed E-state index contributed by atoms with van der Waals surface area (Å²) in [6, 6.07) is 7.76. The van der Waals surface area contributed by atoms with Crippen molar-refractivity contribution in [1.29, 1.82) is 0 Å². The number of nitrogens with zero attached hydrogens (tertiary/aromatic N) is 2. The van der Waals surface area contributed by atoms with Crippen molar-refractivity contribution in [3.05, 3.63) is 52.8 Å². The van der Waals surface area contributed by atoms with Crippen molar-refractivity contribution in [2.45, 2.75) is 44.6 Å². The Morgan fingerprint density at radius 1 is 1.24 bits per heavy atom. The number of halogens is 3.